The SMILES string of the molecule is [2H]B([3H])CSO[C@H](/C=C/[C@@H]1[C@@H](C/C=C/CCCC(=O)O)[C@@H](O[3H])C[C@H]1OSCB([2H])[3H])CCC. The summed E-state index contributed by atoms with van der Waals surface area (Å²) < 4.78 is 48.7. The molecule has 5 atom stereocenters. The average molecular weight is 450 g/mol. The van der Waals surface area contributed by atoms with Crippen LogP contribution in [0.4, 0.5) is 0 Å². The van der Waals surface area contributed by atoms with Gasteiger partial charge in [-0.25, -0.2) is 0 Å². The molecule has 0 bridgehead atoms. The zero-order valence-corrected chi connectivity index (χ0v) is 18.7. The number of hydrogen-bond donors (Lipinski definition) is 2. The molecular weight excluding hydrogens is 406 g/mol. The number of unbranched alkanes of at least 4 members (excludes halogenated alkanes) is 1. The van der Waals surface area contributed by atoms with Crippen LogP contribution in [-0.4, -0.2) is 68.1 Å². The number of aliphatic hydroxyl groups excluding tert-OH is 1. The summed E-state index contributed by atoms with van der Waals surface area (Å²) in [4.78, 5) is 10.7. The third-order valence-corrected chi connectivity index (χ3v) is 5.88. The topological polar surface area (TPSA) is 76.0 Å². The summed E-state index contributed by atoms with van der Waals surface area (Å²) in [5, 5.41) is 13.8. The van der Waals surface area contributed by atoms with E-state index in [-0.39, 0.29) is 47.9 Å². The number of carboxylic acid groups (broad SMARTS) is 1. The van der Waals surface area contributed by atoms with Crippen molar-refractivity contribution in [2.24, 2.45) is 11.8 Å². The molecule has 0 aromatic carbocycles. The Kier molecular flexibility index (Phi) is 10.9. The second kappa shape index (κ2) is 16.4. The summed E-state index contributed by atoms with van der Waals surface area (Å²) in [7, 11) is -1.93. The highest BCUT2D eigenvalue weighted by atomic mass is 32.2. The van der Waals surface area contributed by atoms with Crippen molar-refractivity contribution in [3.63, 3.8) is 0 Å². The molecule has 1 fully saturated rings. The summed E-state index contributed by atoms with van der Waals surface area (Å²) in [6.45, 7) is 2.06. The summed E-state index contributed by atoms with van der Waals surface area (Å²) >= 11 is 2.23. The number of allylic oxidation sites excluding steroid dienone is 2. The minimum atomic E-state index is -0.981. The Balaban J connectivity index is 2.88. The first-order valence-corrected chi connectivity index (χ1v) is 12.0. The van der Waals surface area contributed by atoms with Crippen LogP contribution < -0.4 is 0 Å². The molecule has 5 nitrogen and oxygen atoms in total. The summed E-state index contributed by atoms with van der Waals surface area (Å²) in [5.74, 6) is -0.881. The summed E-state index contributed by atoms with van der Waals surface area (Å²) in [6, 6.07) is 0. The van der Waals surface area contributed by atoms with Crippen LogP contribution in [-0.2, 0) is 13.2 Å². The van der Waals surface area contributed by atoms with Crippen LogP contribution in [0.3, 0.4) is 0 Å². The fourth-order valence-corrected chi connectivity index (χ4v) is 4.35. The Bertz CT molecular complexity index is 622. The van der Waals surface area contributed by atoms with Gasteiger partial charge < -0.3 is 18.6 Å². The van der Waals surface area contributed by atoms with E-state index in [9.17, 15) is 4.79 Å². The number of carbonyl (C=O) groups is 1. The first kappa shape index (κ1) is 19.4. The number of hydrogen-bond acceptors (Lipinski definition) is 6. The summed E-state index contributed by atoms with van der Waals surface area (Å²) in [6.07, 6.45) is 11.5. The van der Waals surface area contributed by atoms with Gasteiger partial charge in [-0.15, -0.1) is 0 Å². The van der Waals surface area contributed by atoms with Crippen LogP contribution in [0.5, 0.6) is 0 Å². The zero-order valence-electron chi connectivity index (χ0n) is 22.1. The molecule has 0 spiro atoms. The standard InChI is InChI=1S/C20H36B2O5S2/c1-2-7-15(26-28-13-21)10-11-17-16(8-5-3-4-6-9-20(24)25)18(23)12-19(17)27-29-14-22/h3,5,10-11,15-19,23H,2,4,6-9,12-14,21-22H2,1H3,(H,24,25)/b5-3+,11-10+/t15-,16+,17+,18-,19+/m0/s1/i21TD,22TD,23T. The highest BCUT2D eigenvalue weighted by molar-refractivity contribution is 7.95. The maximum absolute atomic E-state index is 10.7. The van der Waals surface area contributed by atoms with Crippen LogP contribution in [0.1, 0.15) is 51.9 Å². The molecule has 9 heteroatoms. The molecule has 0 heterocycles. The average Bonchev–Trinajstić information content (AvgIpc) is 3.10. The monoisotopic (exact) mass is 450 g/mol. The van der Waals surface area contributed by atoms with Crippen LogP contribution in [0.25, 0.3) is 0 Å². The van der Waals surface area contributed by atoms with Gasteiger partial charge in [0, 0.05) is 18.8 Å². The van der Waals surface area contributed by atoms with Gasteiger partial charge in [0.05, 0.1) is 18.3 Å². The van der Waals surface area contributed by atoms with Gasteiger partial charge in [-0.1, -0.05) is 37.6 Å². The van der Waals surface area contributed by atoms with Crippen molar-refractivity contribution in [3.05, 3.63) is 24.3 Å². The van der Waals surface area contributed by atoms with Crippen molar-refractivity contribution in [2.75, 3.05) is 11.3 Å². The maximum atomic E-state index is 10.7. The van der Waals surface area contributed by atoms with E-state index in [1.165, 1.54) is 0 Å². The predicted molar refractivity (Wildman–Crippen MR) is 129 cm³/mol. The number of carboxylic acids is 1. The Morgan fingerprint density at radius 3 is 3.00 bits per heavy atom. The quantitative estimate of drug-likeness (QED) is 0.136. The molecule has 164 valence electrons. The molecule has 0 aromatic heterocycles. The third kappa shape index (κ3) is 11.0. The molecule has 0 saturated heterocycles. The van der Waals surface area contributed by atoms with Gasteiger partial charge in [-0.2, -0.15) is 0 Å². The van der Waals surface area contributed by atoms with Gasteiger partial charge in [0.25, 0.3) is 0 Å². The van der Waals surface area contributed by atoms with Crippen LogP contribution >= 0.6 is 24.1 Å². The molecule has 0 aliphatic heterocycles. The molecule has 1 aliphatic carbocycles. The lowest BCUT2D eigenvalue weighted by molar-refractivity contribution is -0.137. The number of aliphatic hydroxyl groups is 1. The Labute approximate surface area is 193 Å². The highest BCUT2D eigenvalue weighted by Crippen LogP contribution is 2.39. The maximum Gasteiger partial charge on any atom is 0.303 e. The molecule has 29 heavy (non-hydrogen) atoms. The molecule has 0 amide bonds. The van der Waals surface area contributed by atoms with Crippen LogP contribution in [0.2, 0.25) is 0 Å². The third-order valence-electron chi connectivity index (χ3n) is 4.84. The van der Waals surface area contributed by atoms with E-state index in [2.05, 4.69) is 6.92 Å². The fraction of sp³-hybridized carbons (Fsp3) is 0.750. The minimum absolute atomic E-state index is 0.0151. The van der Waals surface area contributed by atoms with Crippen molar-refractivity contribution in [1.82, 2.24) is 0 Å². The molecule has 2 N–H and O–H groups in total. The predicted octanol–water partition coefficient (Wildman–Crippen LogP) is 2.79. The van der Waals surface area contributed by atoms with E-state index in [0.29, 0.717) is 25.7 Å². The first-order chi connectivity index (χ1) is 16.3. The van der Waals surface area contributed by atoms with E-state index >= 15 is 0 Å². The Morgan fingerprint density at radius 2 is 2.28 bits per heavy atom. The second-order valence-corrected chi connectivity index (χ2v) is 8.54. The van der Waals surface area contributed by atoms with Crippen molar-refractivity contribution in [2.45, 2.75) is 70.2 Å². The van der Waals surface area contributed by atoms with Gasteiger partial charge in [0.1, 0.15) is 15.5 Å². The van der Waals surface area contributed by atoms with E-state index in [4.69, 9.17) is 25.4 Å². The molecule has 1 saturated carbocycles. The zero-order chi connectivity index (χ0) is 25.3. The van der Waals surface area contributed by atoms with Gasteiger partial charge >= 0.3 is 5.97 Å². The van der Waals surface area contributed by atoms with Crippen LogP contribution in [0.15, 0.2) is 24.3 Å². The molecule has 1 aliphatic rings. The largest absolute Gasteiger partial charge is 0.481 e. The van der Waals surface area contributed by atoms with Crippen LogP contribution in [0, 0.1) is 11.8 Å². The van der Waals surface area contributed by atoms with E-state index in [1.54, 1.807) is 0 Å². The lowest BCUT2D eigenvalue weighted by atomic mass is 9.89. The molecule has 0 radical (unpaired) electrons. The van der Waals surface area contributed by atoms with Crippen molar-refractivity contribution in [1.29, 1.82) is 6.77 Å². The van der Waals surface area contributed by atoms with Gasteiger partial charge in [-0.3, -0.25) is 4.79 Å². The second-order valence-electron chi connectivity index (χ2n) is 7.02. The molecule has 1 rings (SSSR count). The van der Waals surface area contributed by atoms with Gasteiger partial charge in [0.15, 0.2) is 0 Å². The number of aliphatic carboxylic acids is 1. The first-order valence-electron chi connectivity index (χ1n) is 12.9. The molecular formula is C20H36B2O5S2. The van der Waals surface area contributed by atoms with Crippen molar-refractivity contribution < 1.29 is 23.4 Å². The van der Waals surface area contributed by atoms with Crippen molar-refractivity contribution >= 4 is 45.6 Å². The van der Waals surface area contributed by atoms with E-state index in [1.807, 2.05) is 24.3 Å². The van der Waals surface area contributed by atoms with E-state index in [0.717, 1.165) is 36.9 Å². The lowest BCUT2D eigenvalue weighted by Crippen LogP contribution is -2.21. The number of rotatable bonds is 19. The molecule has 0 unspecified atom stereocenters. The van der Waals surface area contributed by atoms with Gasteiger partial charge in [0.2, 0.25) is 1.43 Å². The smallest absolute Gasteiger partial charge is 0.303 e. The van der Waals surface area contributed by atoms with Crippen molar-refractivity contribution in [3.8, 4) is 0 Å². The Morgan fingerprint density at radius 1 is 1.45 bits per heavy atom. The molecule has 0 aromatic rings. The van der Waals surface area contributed by atoms with E-state index < -0.39 is 21.5 Å². The normalized spacial score (nSPS) is 28.0. The summed E-state index contributed by atoms with van der Waals surface area (Å²) in [5.41, 5.74) is 0.498. The highest BCUT2D eigenvalue weighted by Gasteiger charge is 2.41. The lowest BCUT2D eigenvalue weighted by Gasteiger charge is -2.22. The minimum Gasteiger partial charge on any atom is -0.481 e. The Hall–Kier alpha value is -0.340. The fourth-order valence-electron chi connectivity index (χ4n) is 3.47. The van der Waals surface area contributed by atoms with Gasteiger partial charge in [-0.05, 0) is 72.3 Å².